The van der Waals surface area contributed by atoms with Gasteiger partial charge in [0, 0.05) is 28.0 Å². The molecule has 6 aromatic carbocycles. The average Bonchev–Trinajstić information content (AvgIpc) is 3.75. The van der Waals surface area contributed by atoms with E-state index < -0.39 is 0 Å². The van der Waals surface area contributed by atoms with E-state index in [4.69, 9.17) is 9.15 Å². The van der Waals surface area contributed by atoms with Gasteiger partial charge in [0.25, 0.3) is 0 Å². The quantitative estimate of drug-likeness (QED) is 0.189. The Labute approximate surface area is 296 Å². The number of rotatable bonds is 3. The van der Waals surface area contributed by atoms with Crippen LogP contribution in [-0.4, -0.2) is 6.10 Å². The molecule has 12 rings (SSSR count). The molecule has 4 unspecified atom stereocenters. The molecule has 0 bridgehead atoms. The molecule has 0 amide bonds. The van der Waals surface area contributed by atoms with E-state index in [2.05, 4.69) is 146 Å². The van der Waals surface area contributed by atoms with E-state index in [-0.39, 0.29) is 12.0 Å². The monoisotopic (exact) mass is 654 g/mol. The van der Waals surface area contributed by atoms with Gasteiger partial charge >= 0.3 is 0 Å². The Kier molecular flexibility index (Phi) is 5.66. The van der Waals surface area contributed by atoms with Crippen LogP contribution in [0.15, 0.2) is 138 Å². The van der Waals surface area contributed by atoms with Crippen LogP contribution in [-0.2, 0) is 6.42 Å². The topological polar surface area (TPSA) is 22.4 Å². The molecule has 5 aliphatic rings. The third-order valence-corrected chi connectivity index (χ3v) is 12.1. The van der Waals surface area contributed by atoms with E-state index in [0.717, 1.165) is 24.2 Å². The number of ether oxygens (including phenoxy) is 1. The summed E-state index contributed by atoms with van der Waals surface area (Å²) in [5, 5.41) is 6.32. The van der Waals surface area contributed by atoms with Crippen LogP contribution >= 0.6 is 0 Å². The van der Waals surface area contributed by atoms with Gasteiger partial charge in [0.05, 0.1) is 5.92 Å². The minimum Gasteiger partial charge on any atom is -0.484 e. The summed E-state index contributed by atoms with van der Waals surface area (Å²) in [5.41, 5.74) is 13.8. The normalized spacial score (nSPS) is 21.7. The van der Waals surface area contributed by atoms with E-state index in [1.54, 1.807) is 0 Å². The maximum atomic E-state index is 6.98. The standard InChI is InChI=1S/C49H34O2/c1-2-10-31-25-32(22-19-28(31)9-1)29-17-20-30(21-18-29)44-34-11-3-5-13-36(34)45(37-14-6-4-12-35(37)44)42-27-41-38-24-23-33-26-40(33)47(38)51-48(41)46-39-15-7-8-16-43(39)50-49(42)46/h1-5,7-13,15-25,27,33,39-40,43H,6,14,26H2. The van der Waals surface area contributed by atoms with Crippen molar-refractivity contribution in [3.05, 3.63) is 162 Å². The number of furan rings is 1. The zero-order valence-corrected chi connectivity index (χ0v) is 28.1. The van der Waals surface area contributed by atoms with E-state index in [9.17, 15) is 0 Å². The Hall–Kier alpha value is -5.86. The fourth-order valence-electron chi connectivity index (χ4n) is 9.59. The van der Waals surface area contributed by atoms with Crippen LogP contribution in [0.4, 0.5) is 0 Å². The van der Waals surface area contributed by atoms with Crippen LogP contribution in [0, 0.1) is 5.92 Å². The van der Waals surface area contributed by atoms with Gasteiger partial charge in [-0.3, -0.25) is 0 Å². The van der Waals surface area contributed by atoms with E-state index in [1.807, 2.05) is 0 Å². The Bertz CT molecular complexity index is 2770. The summed E-state index contributed by atoms with van der Waals surface area (Å²) >= 11 is 0. The third kappa shape index (κ3) is 3.99. The molecular formula is C49H34O2. The molecule has 1 aliphatic heterocycles. The Morgan fingerprint density at radius 1 is 0.627 bits per heavy atom. The maximum Gasteiger partial charge on any atom is 0.142 e. The molecule has 0 saturated heterocycles. The van der Waals surface area contributed by atoms with Gasteiger partial charge in [-0.25, -0.2) is 0 Å². The zero-order chi connectivity index (χ0) is 33.2. The van der Waals surface area contributed by atoms with Crippen LogP contribution in [0.2, 0.25) is 0 Å². The van der Waals surface area contributed by atoms with Gasteiger partial charge in [0.1, 0.15) is 23.2 Å². The summed E-state index contributed by atoms with van der Waals surface area (Å²) < 4.78 is 13.8. The van der Waals surface area contributed by atoms with Crippen molar-refractivity contribution in [1.82, 2.24) is 0 Å². The van der Waals surface area contributed by atoms with Gasteiger partial charge in [-0.15, -0.1) is 0 Å². The summed E-state index contributed by atoms with van der Waals surface area (Å²) in [7, 11) is 0. The van der Waals surface area contributed by atoms with Crippen molar-refractivity contribution < 1.29 is 9.15 Å². The SMILES string of the molecule is C1=CC2Oc3c(-c4c5c(c(-c6ccc(-c7ccc8ccccc8c7)cc6)c6ccccc46)C=CCC5)cc4c5c(oc4c3C2C=C1)C1CC1C=C5. The molecule has 1 aromatic heterocycles. The highest BCUT2D eigenvalue weighted by molar-refractivity contribution is 6.12. The van der Waals surface area contributed by atoms with Crippen molar-refractivity contribution in [2.24, 2.45) is 5.92 Å². The summed E-state index contributed by atoms with van der Waals surface area (Å²) in [6.45, 7) is 0. The van der Waals surface area contributed by atoms with Gasteiger partial charge in [0.15, 0.2) is 0 Å². The minimum atomic E-state index is -0.0249. The Morgan fingerprint density at radius 3 is 2.31 bits per heavy atom. The molecule has 1 saturated carbocycles. The minimum absolute atomic E-state index is 0.0249. The van der Waals surface area contributed by atoms with Crippen LogP contribution in [0.25, 0.3) is 78.0 Å². The summed E-state index contributed by atoms with van der Waals surface area (Å²) in [4.78, 5) is 0. The molecule has 0 radical (unpaired) electrons. The van der Waals surface area contributed by atoms with Gasteiger partial charge < -0.3 is 9.15 Å². The average molecular weight is 655 g/mol. The molecule has 0 spiro atoms. The van der Waals surface area contributed by atoms with Crippen molar-refractivity contribution in [1.29, 1.82) is 0 Å². The lowest BCUT2D eigenvalue weighted by atomic mass is 9.79. The van der Waals surface area contributed by atoms with E-state index in [1.165, 1.54) is 94.7 Å². The lowest BCUT2D eigenvalue weighted by Gasteiger charge is -2.25. The predicted octanol–water partition coefficient (Wildman–Crippen LogP) is 12.8. The summed E-state index contributed by atoms with van der Waals surface area (Å²) in [5.74, 6) is 3.45. The second-order valence-corrected chi connectivity index (χ2v) is 14.9. The van der Waals surface area contributed by atoms with Crippen LogP contribution in [0.3, 0.4) is 0 Å². The lowest BCUT2D eigenvalue weighted by molar-refractivity contribution is 0.270. The molecule has 0 N–H and O–H groups in total. The van der Waals surface area contributed by atoms with Crippen molar-refractivity contribution in [2.75, 3.05) is 0 Å². The van der Waals surface area contributed by atoms with Crippen LogP contribution in [0.1, 0.15) is 52.7 Å². The molecule has 2 heterocycles. The lowest BCUT2D eigenvalue weighted by Crippen LogP contribution is -2.15. The molecule has 4 atom stereocenters. The van der Waals surface area contributed by atoms with Gasteiger partial charge in [-0.05, 0) is 104 Å². The van der Waals surface area contributed by atoms with Crippen LogP contribution < -0.4 is 4.74 Å². The van der Waals surface area contributed by atoms with E-state index in [0.29, 0.717) is 11.8 Å². The fourth-order valence-corrected chi connectivity index (χ4v) is 9.59. The largest absolute Gasteiger partial charge is 0.484 e. The number of hydrogen-bond donors (Lipinski definition) is 0. The van der Waals surface area contributed by atoms with Crippen molar-refractivity contribution >= 4 is 44.7 Å². The van der Waals surface area contributed by atoms with Gasteiger partial charge in [-0.1, -0.05) is 127 Å². The highest BCUT2D eigenvalue weighted by atomic mass is 16.5. The van der Waals surface area contributed by atoms with Crippen LogP contribution in [0.5, 0.6) is 5.75 Å². The third-order valence-electron chi connectivity index (χ3n) is 12.1. The fraction of sp³-hybridized carbons (Fsp3) is 0.143. The summed E-state index contributed by atoms with van der Waals surface area (Å²) in [6.07, 6.45) is 21.4. The molecule has 1 fully saturated rings. The highest BCUT2D eigenvalue weighted by Gasteiger charge is 2.45. The molecule has 7 aromatic rings. The first-order valence-electron chi connectivity index (χ1n) is 18.5. The van der Waals surface area contributed by atoms with Crippen molar-refractivity contribution in [3.8, 4) is 39.1 Å². The first-order valence-corrected chi connectivity index (χ1v) is 18.5. The maximum absolute atomic E-state index is 6.98. The second-order valence-electron chi connectivity index (χ2n) is 14.9. The molecule has 51 heavy (non-hydrogen) atoms. The first-order chi connectivity index (χ1) is 25.3. The predicted molar refractivity (Wildman–Crippen MR) is 210 cm³/mol. The molecule has 4 aliphatic carbocycles. The highest BCUT2D eigenvalue weighted by Crippen LogP contribution is 2.59. The van der Waals surface area contributed by atoms with Crippen molar-refractivity contribution in [2.45, 2.75) is 37.2 Å². The van der Waals surface area contributed by atoms with Gasteiger partial charge in [-0.2, -0.15) is 0 Å². The number of benzene rings is 6. The second kappa shape index (κ2) is 10.3. The van der Waals surface area contributed by atoms with E-state index >= 15 is 0 Å². The Balaban J connectivity index is 1.09. The smallest absolute Gasteiger partial charge is 0.142 e. The molecule has 2 heteroatoms. The molecule has 2 nitrogen and oxygen atoms in total. The molecular weight excluding hydrogens is 621 g/mol. The first kappa shape index (κ1) is 27.9. The van der Waals surface area contributed by atoms with Gasteiger partial charge in [0.2, 0.25) is 0 Å². The summed E-state index contributed by atoms with van der Waals surface area (Å²) in [6, 6.07) is 36.0. The number of fused-ring (bicyclic) bond motifs is 12. The zero-order valence-electron chi connectivity index (χ0n) is 28.1. The number of hydrogen-bond acceptors (Lipinski definition) is 2. The molecule has 242 valence electrons. The number of allylic oxidation sites excluding steroid dienone is 4. The van der Waals surface area contributed by atoms with Crippen molar-refractivity contribution in [3.63, 3.8) is 0 Å². The Morgan fingerprint density at radius 2 is 1.41 bits per heavy atom.